The number of hydrogen-bond donors (Lipinski definition) is 4. The van der Waals surface area contributed by atoms with Crippen LogP contribution in [0, 0.1) is 39.9 Å². The fourth-order valence-electron chi connectivity index (χ4n) is 8.18. The van der Waals surface area contributed by atoms with Crippen molar-refractivity contribution in [2.75, 3.05) is 27.2 Å². The Labute approximate surface area is 193 Å². The van der Waals surface area contributed by atoms with Crippen LogP contribution in [0.5, 0.6) is 0 Å². The van der Waals surface area contributed by atoms with Crippen LogP contribution >= 0.6 is 0 Å². The van der Waals surface area contributed by atoms with Crippen LogP contribution < -0.4 is 5.73 Å². The van der Waals surface area contributed by atoms with E-state index in [-0.39, 0.29) is 28.8 Å². The van der Waals surface area contributed by atoms with E-state index >= 15 is 0 Å². The second-order valence-electron chi connectivity index (χ2n) is 12.0. The Bertz CT molecular complexity index is 744. The van der Waals surface area contributed by atoms with Gasteiger partial charge in [-0.3, -0.25) is 5.41 Å². The predicted molar refractivity (Wildman–Crippen MR) is 128 cm³/mol. The van der Waals surface area contributed by atoms with E-state index in [0.717, 1.165) is 64.3 Å². The van der Waals surface area contributed by atoms with E-state index in [9.17, 15) is 10.2 Å². The summed E-state index contributed by atoms with van der Waals surface area (Å²) in [6.45, 7) is 6.10. The lowest BCUT2D eigenvalue weighted by Gasteiger charge is -2.63. The molecule has 3 unspecified atom stereocenters. The van der Waals surface area contributed by atoms with E-state index < -0.39 is 5.60 Å². The van der Waals surface area contributed by atoms with Crippen molar-refractivity contribution in [3.8, 4) is 0 Å². The monoisotopic (exact) mass is 447 g/mol. The number of nitrogens with two attached hydrogens (primary N) is 1. The molecule has 0 aromatic carbocycles. The number of rotatable bonds is 5. The highest BCUT2D eigenvalue weighted by atomic mass is 16.3. The summed E-state index contributed by atoms with van der Waals surface area (Å²) in [4.78, 5) is 2.06. The van der Waals surface area contributed by atoms with E-state index in [4.69, 9.17) is 11.1 Å². The Morgan fingerprint density at radius 2 is 1.81 bits per heavy atom. The molecular formula is C25H45N5O2. The minimum absolute atomic E-state index is 0.0315. The molecule has 0 bridgehead atoms. The van der Waals surface area contributed by atoms with E-state index in [1.165, 1.54) is 0 Å². The Hall–Kier alpha value is -1.18. The van der Waals surface area contributed by atoms with Gasteiger partial charge in [0.15, 0.2) is 0 Å². The van der Waals surface area contributed by atoms with E-state index in [1.807, 2.05) is 20.3 Å². The van der Waals surface area contributed by atoms with Gasteiger partial charge in [0.25, 0.3) is 0 Å². The number of aliphatic hydroxyl groups excluding tert-OH is 1. The van der Waals surface area contributed by atoms with Crippen molar-refractivity contribution < 1.29 is 10.2 Å². The molecule has 0 aromatic heterocycles. The first kappa shape index (κ1) is 24.0. The molecule has 7 nitrogen and oxygen atoms in total. The topological polar surface area (TPSA) is 109 Å². The molecule has 0 amide bonds. The summed E-state index contributed by atoms with van der Waals surface area (Å²) in [5.74, 6) is 1.66. The maximum absolute atomic E-state index is 12.2. The number of aliphatic hydroxyl groups is 2. The van der Waals surface area contributed by atoms with Gasteiger partial charge in [0.05, 0.1) is 18.2 Å². The number of guanidine groups is 1. The van der Waals surface area contributed by atoms with Gasteiger partial charge in [-0.05, 0) is 95.1 Å². The SMILES string of the molecule is CN(C)CCN(N=CC1CC[C@@]2(O)[C@@H]3CCC4CC(O)CC[C@]4(C)[C@@H]3CC[C@]12C)C(=N)N. The van der Waals surface area contributed by atoms with Gasteiger partial charge in [-0.1, -0.05) is 13.8 Å². The summed E-state index contributed by atoms with van der Waals surface area (Å²) in [5, 5.41) is 36.6. The lowest BCUT2D eigenvalue weighted by molar-refractivity contribution is -0.206. The fraction of sp³-hybridized carbons (Fsp3) is 0.920. The summed E-state index contributed by atoms with van der Waals surface area (Å²) in [5.41, 5.74) is 5.20. The van der Waals surface area contributed by atoms with Crippen molar-refractivity contribution in [1.29, 1.82) is 5.41 Å². The first-order chi connectivity index (χ1) is 15.0. The van der Waals surface area contributed by atoms with Gasteiger partial charge in [0.1, 0.15) is 0 Å². The molecule has 4 saturated carbocycles. The van der Waals surface area contributed by atoms with Crippen molar-refractivity contribution >= 4 is 12.2 Å². The predicted octanol–water partition coefficient (Wildman–Crippen LogP) is 2.86. The number of hydrazone groups is 1. The van der Waals surface area contributed by atoms with Gasteiger partial charge in [-0.15, -0.1) is 0 Å². The molecule has 4 aliphatic carbocycles. The van der Waals surface area contributed by atoms with Crippen LogP contribution in [0.3, 0.4) is 0 Å². The lowest BCUT2D eigenvalue weighted by atomic mass is 9.43. The van der Waals surface area contributed by atoms with Crippen LogP contribution in [-0.2, 0) is 0 Å². The van der Waals surface area contributed by atoms with Crippen molar-refractivity contribution in [2.45, 2.75) is 83.3 Å². The quantitative estimate of drug-likeness (QED) is 0.294. The second kappa shape index (κ2) is 8.55. The zero-order chi connectivity index (χ0) is 23.3. The van der Waals surface area contributed by atoms with Crippen LogP contribution in [0.2, 0.25) is 0 Å². The summed E-state index contributed by atoms with van der Waals surface area (Å²) in [7, 11) is 4.00. The molecule has 4 fully saturated rings. The molecule has 0 spiro atoms. The van der Waals surface area contributed by atoms with Crippen LogP contribution in [-0.4, -0.2) is 71.2 Å². The lowest BCUT2D eigenvalue weighted by Crippen LogP contribution is -2.62. The van der Waals surface area contributed by atoms with Gasteiger partial charge < -0.3 is 20.8 Å². The molecule has 0 radical (unpaired) electrons. The van der Waals surface area contributed by atoms with Gasteiger partial charge in [-0.25, -0.2) is 5.01 Å². The van der Waals surface area contributed by atoms with E-state index in [2.05, 4.69) is 23.8 Å². The third kappa shape index (κ3) is 3.78. The number of hydrogen-bond acceptors (Lipinski definition) is 5. The number of likely N-dealkylation sites (N-methyl/N-ethyl adjacent to an activating group) is 1. The summed E-state index contributed by atoms with van der Waals surface area (Å²) < 4.78 is 0. The van der Waals surface area contributed by atoms with Crippen molar-refractivity contribution in [2.24, 2.45) is 45.3 Å². The summed E-state index contributed by atoms with van der Waals surface area (Å²) >= 11 is 0. The van der Waals surface area contributed by atoms with Crippen LogP contribution in [0.25, 0.3) is 0 Å². The maximum atomic E-state index is 12.2. The fourth-order valence-corrected chi connectivity index (χ4v) is 8.18. The van der Waals surface area contributed by atoms with Crippen molar-refractivity contribution in [3.63, 3.8) is 0 Å². The Morgan fingerprint density at radius 1 is 1.06 bits per heavy atom. The van der Waals surface area contributed by atoms with E-state index in [0.29, 0.717) is 24.3 Å². The molecule has 0 heterocycles. The number of fused-ring (bicyclic) bond motifs is 5. The highest BCUT2D eigenvalue weighted by molar-refractivity contribution is 5.76. The molecule has 8 atom stereocenters. The normalized spacial score (nSPS) is 46.0. The molecule has 4 rings (SSSR count). The molecule has 5 N–H and O–H groups in total. The van der Waals surface area contributed by atoms with Crippen LogP contribution in [0.1, 0.15) is 71.6 Å². The van der Waals surface area contributed by atoms with Crippen molar-refractivity contribution in [3.05, 3.63) is 0 Å². The van der Waals surface area contributed by atoms with Crippen molar-refractivity contribution in [1.82, 2.24) is 9.91 Å². The summed E-state index contributed by atoms with van der Waals surface area (Å²) in [6, 6.07) is 0. The maximum Gasteiger partial charge on any atom is 0.209 e. The van der Waals surface area contributed by atoms with Gasteiger partial charge >= 0.3 is 0 Å². The molecule has 0 saturated heterocycles. The Morgan fingerprint density at radius 3 is 2.50 bits per heavy atom. The Balaban J connectivity index is 1.53. The average molecular weight is 448 g/mol. The zero-order valence-corrected chi connectivity index (χ0v) is 20.6. The van der Waals surface area contributed by atoms with Gasteiger partial charge in [0, 0.05) is 24.1 Å². The minimum Gasteiger partial charge on any atom is -0.393 e. The van der Waals surface area contributed by atoms with E-state index in [1.54, 1.807) is 5.01 Å². The first-order valence-electron chi connectivity index (χ1n) is 12.7. The second-order valence-corrected chi connectivity index (χ2v) is 12.0. The third-order valence-corrected chi connectivity index (χ3v) is 10.3. The first-order valence-corrected chi connectivity index (χ1v) is 12.7. The van der Waals surface area contributed by atoms with Gasteiger partial charge in [-0.2, -0.15) is 5.10 Å². The zero-order valence-electron chi connectivity index (χ0n) is 20.6. The summed E-state index contributed by atoms with van der Waals surface area (Å²) in [6.07, 6.45) is 11.0. The van der Waals surface area contributed by atoms with Crippen LogP contribution in [0.4, 0.5) is 0 Å². The number of nitrogens with one attached hydrogen (secondary N) is 1. The van der Waals surface area contributed by atoms with Crippen LogP contribution in [0.15, 0.2) is 5.10 Å². The molecule has 32 heavy (non-hydrogen) atoms. The largest absolute Gasteiger partial charge is 0.393 e. The number of nitrogens with zero attached hydrogens (tertiary/aromatic N) is 3. The standard InChI is InChI=1S/C25H45N5O2/c1-23-10-8-19(31)15-17(23)5-6-21-20(23)9-11-24(2)18(7-12-25(21,24)32)16-28-30(22(26)27)14-13-29(3)4/h16-21,31-32H,5-15H2,1-4H3,(H3,26,27)/t17?,18?,19?,20-,21-,23+,24-,25-/m1/s1. The molecule has 4 aliphatic rings. The molecule has 0 aliphatic heterocycles. The van der Waals surface area contributed by atoms with Gasteiger partial charge in [0.2, 0.25) is 5.96 Å². The highest BCUT2D eigenvalue weighted by Crippen LogP contribution is 2.68. The highest BCUT2D eigenvalue weighted by Gasteiger charge is 2.66. The molecular weight excluding hydrogens is 402 g/mol. The Kier molecular flexibility index (Phi) is 6.40. The minimum atomic E-state index is -0.651. The third-order valence-electron chi connectivity index (χ3n) is 10.3. The molecule has 182 valence electrons. The molecule has 0 aromatic rings. The average Bonchev–Trinajstić information content (AvgIpc) is 2.99. The smallest absolute Gasteiger partial charge is 0.209 e. The molecule has 7 heteroatoms.